The van der Waals surface area contributed by atoms with Gasteiger partial charge in [-0.25, -0.2) is 9.18 Å². The molecule has 2 aromatic rings. The smallest absolute Gasteiger partial charge is 0.418 e. The third-order valence-corrected chi connectivity index (χ3v) is 7.07. The number of nitrogens with zero attached hydrogens (tertiary/aromatic N) is 3. The van der Waals surface area contributed by atoms with E-state index in [9.17, 15) is 22.8 Å². The van der Waals surface area contributed by atoms with Crippen LogP contribution >= 0.6 is 0 Å². The number of hydrogen-bond donors (Lipinski definition) is 1. The molecule has 2 amide bonds. The molecule has 1 aromatic carbocycles. The highest BCUT2D eigenvalue weighted by atomic mass is 19.4. The lowest BCUT2D eigenvalue weighted by molar-refractivity contribution is -0.136. The number of rotatable bonds is 4. The Morgan fingerprint density at radius 2 is 1.82 bits per heavy atom. The van der Waals surface area contributed by atoms with Crippen molar-refractivity contribution in [2.24, 2.45) is 0 Å². The lowest BCUT2D eigenvalue weighted by Gasteiger charge is -2.36. The van der Waals surface area contributed by atoms with Gasteiger partial charge in [0.25, 0.3) is 0 Å². The molecule has 2 fully saturated rings. The Labute approximate surface area is 219 Å². The molecule has 1 atom stereocenters. The van der Waals surface area contributed by atoms with Gasteiger partial charge < -0.3 is 19.9 Å². The number of amides is 2. The van der Waals surface area contributed by atoms with E-state index < -0.39 is 35.0 Å². The molecule has 7 nitrogen and oxygen atoms in total. The Morgan fingerprint density at radius 1 is 1.13 bits per heavy atom. The molecule has 0 radical (unpaired) electrons. The molecule has 0 spiro atoms. The lowest BCUT2D eigenvalue weighted by atomic mass is 9.89. The van der Waals surface area contributed by atoms with Crippen molar-refractivity contribution in [2.45, 2.75) is 76.9 Å². The zero-order chi connectivity index (χ0) is 27.9. The second kappa shape index (κ2) is 10.2. The first kappa shape index (κ1) is 27.9. The lowest BCUT2D eigenvalue weighted by Crippen LogP contribution is -2.48. The number of pyridine rings is 1. The fourth-order valence-corrected chi connectivity index (χ4v) is 5.16. The third kappa shape index (κ3) is 6.30. The number of anilines is 1. The molecule has 208 valence electrons. The summed E-state index contributed by atoms with van der Waals surface area (Å²) in [6.45, 7) is 8.31. The second-order valence-corrected chi connectivity index (χ2v) is 11.3. The molecule has 0 aliphatic carbocycles. The van der Waals surface area contributed by atoms with Crippen LogP contribution in [0.15, 0.2) is 24.4 Å². The maximum Gasteiger partial charge on any atom is 0.418 e. The summed E-state index contributed by atoms with van der Waals surface area (Å²) in [5.41, 5.74) is -1.92. The van der Waals surface area contributed by atoms with Crippen LogP contribution in [0.25, 0.3) is 10.9 Å². The summed E-state index contributed by atoms with van der Waals surface area (Å²) in [5, 5.41) is 3.33. The fraction of sp³-hybridized carbons (Fsp3) is 0.593. The topological polar surface area (TPSA) is 74.8 Å². The number of aryl methyl sites for hydroxylation is 1. The molecule has 1 N–H and O–H groups in total. The van der Waals surface area contributed by atoms with Crippen LogP contribution in [-0.2, 0) is 15.7 Å². The first-order valence-corrected chi connectivity index (χ1v) is 12.8. The summed E-state index contributed by atoms with van der Waals surface area (Å²) in [4.78, 5) is 32.4. The highest BCUT2D eigenvalue weighted by Gasteiger charge is 2.40. The van der Waals surface area contributed by atoms with E-state index in [0.29, 0.717) is 36.1 Å². The van der Waals surface area contributed by atoms with Crippen molar-refractivity contribution < 1.29 is 31.9 Å². The number of piperidine rings is 1. The standard InChI is InChI=1S/C27H34F4N4O3/c1-17-7-11-32-23-19(27(29,30)31)5-6-20(22(17)23)35-12-8-18(16-35)33-21(36)15-26(28)9-13-34(14-10-26)24(37)38-25(2,3)4/h5-7,11,18H,8-10,12-16H2,1-4H3,(H,33,36)/t18-/m0/s1. The van der Waals surface area contributed by atoms with E-state index >= 15 is 4.39 Å². The molecule has 2 aliphatic rings. The van der Waals surface area contributed by atoms with Gasteiger partial charge in [0, 0.05) is 49.5 Å². The van der Waals surface area contributed by atoms with Crippen molar-refractivity contribution in [3.8, 4) is 0 Å². The average Bonchev–Trinajstić information content (AvgIpc) is 3.25. The molecule has 2 aliphatic heterocycles. The van der Waals surface area contributed by atoms with Crippen LogP contribution in [0.2, 0.25) is 0 Å². The van der Waals surface area contributed by atoms with Crippen molar-refractivity contribution in [1.29, 1.82) is 0 Å². The van der Waals surface area contributed by atoms with Crippen LogP contribution in [0.3, 0.4) is 0 Å². The Hall–Kier alpha value is -3.11. The van der Waals surface area contributed by atoms with Crippen LogP contribution in [0.5, 0.6) is 0 Å². The number of fused-ring (bicyclic) bond motifs is 1. The van der Waals surface area contributed by atoms with Gasteiger partial charge in [0.1, 0.15) is 11.3 Å². The minimum absolute atomic E-state index is 0.0419. The van der Waals surface area contributed by atoms with Gasteiger partial charge in [0.15, 0.2) is 0 Å². The number of carbonyl (C=O) groups is 2. The van der Waals surface area contributed by atoms with Crippen LogP contribution in [-0.4, -0.2) is 65.4 Å². The number of ether oxygens (including phenoxy) is 1. The predicted molar refractivity (Wildman–Crippen MR) is 136 cm³/mol. The number of alkyl halides is 4. The van der Waals surface area contributed by atoms with Gasteiger partial charge in [-0.3, -0.25) is 9.78 Å². The van der Waals surface area contributed by atoms with Crippen LogP contribution in [0, 0.1) is 6.92 Å². The molecule has 0 saturated carbocycles. The minimum Gasteiger partial charge on any atom is -0.444 e. The average molecular weight is 539 g/mol. The molecule has 1 aromatic heterocycles. The SMILES string of the molecule is Cc1ccnc2c(C(F)(F)F)ccc(N3CC[C@H](NC(=O)CC4(F)CCN(C(=O)OC(C)(C)C)CC4)C3)c12. The first-order chi connectivity index (χ1) is 17.7. The van der Waals surface area contributed by atoms with E-state index in [0.717, 1.165) is 6.07 Å². The predicted octanol–water partition coefficient (Wildman–Crippen LogP) is 5.39. The molecular formula is C27H34F4N4O3. The Kier molecular flexibility index (Phi) is 7.51. The number of likely N-dealkylation sites (tertiary alicyclic amines) is 1. The number of carbonyl (C=O) groups excluding carboxylic acids is 2. The molecule has 0 unspecified atom stereocenters. The van der Waals surface area contributed by atoms with E-state index in [1.807, 2.05) is 4.90 Å². The number of halogens is 4. The van der Waals surface area contributed by atoms with Crippen molar-refractivity contribution in [3.63, 3.8) is 0 Å². The van der Waals surface area contributed by atoms with Gasteiger partial charge in [0.05, 0.1) is 17.5 Å². The van der Waals surface area contributed by atoms with Crippen molar-refractivity contribution in [3.05, 3.63) is 35.5 Å². The zero-order valence-corrected chi connectivity index (χ0v) is 22.1. The molecule has 4 rings (SSSR count). The van der Waals surface area contributed by atoms with Crippen molar-refractivity contribution >= 4 is 28.6 Å². The summed E-state index contributed by atoms with van der Waals surface area (Å²) in [6.07, 6.45) is -3.28. The molecule has 2 saturated heterocycles. The molecule has 0 bridgehead atoms. The monoisotopic (exact) mass is 538 g/mol. The Morgan fingerprint density at radius 3 is 2.45 bits per heavy atom. The van der Waals surface area contributed by atoms with Crippen molar-refractivity contribution in [1.82, 2.24) is 15.2 Å². The van der Waals surface area contributed by atoms with E-state index in [1.165, 1.54) is 17.2 Å². The summed E-state index contributed by atoms with van der Waals surface area (Å²) in [6, 6.07) is 3.92. The Bertz CT molecular complexity index is 1200. The van der Waals surface area contributed by atoms with E-state index in [-0.39, 0.29) is 43.9 Å². The quantitative estimate of drug-likeness (QED) is 0.529. The number of aromatic nitrogens is 1. The normalized spacial score (nSPS) is 20.1. The summed E-state index contributed by atoms with van der Waals surface area (Å²) < 4.78 is 61.4. The molecular weight excluding hydrogens is 504 g/mol. The minimum atomic E-state index is -4.52. The number of benzene rings is 1. The van der Waals surface area contributed by atoms with E-state index in [2.05, 4.69) is 10.3 Å². The molecule has 11 heteroatoms. The van der Waals surface area contributed by atoms with E-state index in [4.69, 9.17) is 4.74 Å². The third-order valence-electron chi connectivity index (χ3n) is 7.07. The molecule has 38 heavy (non-hydrogen) atoms. The second-order valence-electron chi connectivity index (χ2n) is 11.3. The summed E-state index contributed by atoms with van der Waals surface area (Å²) >= 11 is 0. The first-order valence-electron chi connectivity index (χ1n) is 12.8. The maximum absolute atomic E-state index is 15.4. The summed E-state index contributed by atoms with van der Waals surface area (Å²) in [7, 11) is 0. The van der Waals surface area contributed by atoms with E-state index in [1.54, 1.807) is 33.8 Å². The van der Waals surface area contributed by atoms with Crippen molar-refractivity contribution in [2.75, 3.05) is 31.1 Å². The van der Waals surface area contributed by atoms with Gasteiger partial charge in [-0.15, -0.1) is 0 Å². The largest absolute Gasteiger partial charge is 0.444 e. The number of nitrogens with one attached hydrogen (secondary N) is 1. The molecule has 3 heterocycles. The highest BCUT2D eigenvalue weighted by molar-refractivity contribution is 5.97. The summed E-state index contributed by atoms with van der Waals surface area (Å²) in [5.74, 6) is -0.416. The van der Waals surface area contributed by atoms with Crippen LogP contribution in [0.4, 0.5) is 28.0 Å². The van der Waals surface area contributed by atoms with Gasteiger partial charge in [-0.05, 0) is 70.7 Å². The highest BCUT2D eigenvalue weighted by Crippen LogP contribution is 2.39. The zero-order valence-electron chi connectivity index (χ0n) is 22.1. The Balaban J connectivity index is 1.36. The fourth-order valence-electron chi connectivity index (χ4n) is 5.16. The van der Waals surface area contributed by atoms with Gasteiger partial charge in [-0.1, -0.05) is 0 Å². The number of hydrogen-bond acceptors (Lipinski definition) is 5. The van der Waals surface area contributed by atoms with Gasteiger partial charge in [0.2, 0.25) is 5.91 Å². The van der Waals surface area contributed by atoms with Gasteiger partial charge >= 0.3 is 12.3 Å². The van der Waals surface area contributed by atoms with Crippen LogP contribution in [0.1, 0.15) is 57.6 Å². The maximum atomic E-state index is 15.4. The van der Waals surface area contributed by atoms with Gasteiger partial charge in [-0.2, -0.15) is 13.2 Å². The van der Waals surface area contributed by atoms with Crippen LogP contribution < -0.4 is 10.2 Å².